The zero-order chi connectivity index (χ0) is 14.2. The van der Waals surface area contributed by atoms with Gasteiger partial charge in [-0.05, 0) is 30.9 Å². The molecule has 0 heterocycles. The third kappa shape index (κ3) is 2.85. The zero-order valence-corrected chi connectivity index (χ0v) is 11.2. The maximum Gasteiger partial charge on any atom is 0.292 e. The second kappa shape index (κ2) is 4.78. The van der Waals surface area contributed by atoms with Crippen LogP contribution in [0.15, 0.2) is 23.1 Å². The number of nitrogens with two attached hydrogens (primary N) is 1. The van der Waals surface area contributed by atoms with Crippen LogP contribution in [0.1, 0.15) is 19.8 Å². The number of nitro benzene ring substituents is 1. The first-order valence-corrected chi connectivity index (χ1v) is 7.34. The summed E-state index contributed by atoms with van der Waals surface area (Å²) >= 11 is 0. The van der Waals surface area contributed by atoms with Crippen LogP contribution in [0.5, 0.6) is 0 Å². The van der Waals surface area contributed by atoms with E-state index in [1.54, 1.807) is 0 Å². The van der Waals surface area contributed by atoms with Crippen LogP contribution in [-0.4, -0.2) is 19.4 Å². The van der Waals surface area contributed by atoms with Gasteiger partial charge in [0, 0.05) is 12.1 Å². The predicted molar refractivity (Wildman–Crippen MR) is 70.0 cm³/mol. The van der Waals surface area contributed by atoms with Gasteiger partial charge in [0.1, 0.15) is 5.69 Å². The molecule has 0 aliphatic heterocycles. The Bertz CT molecular complexity index is 608. The molecule has 19 heavy (non-hydrogen) atoms. The molecule has 0 amide bonds. The van der Waals surface area contributed by atoms with Crippen molar-refractivity contribution in [2.45, 2.75) is 30.7 Å². The Hall–Kier alpha value is -1.67. The molecule has 0 unspecified atom stereocenters. The fraction of sp³-hybridized carbons (Fsp3) is 0.455. The van der Waals surface area contributed by atoms with Crippen LogP contribution in [0.4, 0.5) is 11.4 Å². The number of benzene rings is 1. The molecule has 7 nitrogen and oxygen atoms in total. The maximum absolute atomic E-state index is 12.0. The third-order valence-electron chi connectivity index (χ3n) is 3.20. The number of nitrogens with zero attached hydrogens (tertiary/aromatic N) is 1. The van der Waals surface area contributed by atoms with Gasteiger partial charge in [-0.25, -0.2) is 13.1 Å². The summed E-state index contributed by atoms with van der Waals surface area (Å²) < 4.78 is 26.6. The van der Waals surface area contributed by atoms with E-state index in [0.29, 0.717) is 5.92 Å². The SMILES string of the molecule is CC1CC(NS(=O)(=O)c2ccc([N+](=O)[O-])c(N)c2)C1. The van der Waals surface area contributed by atoms with Crippen LogP contribution >= 0.6 is 0 Å². The summed E-state index contributed by atoms with van der Waals surface area (Å²) in [6, 6.07) is 3.35. The molecule has 1 aromatic rings. The van der Waals surface area contributed by atoms with Gasteiger partial charge in [0.15, 0.2) is 0 Å². The number of nitro groups is 1. The Labute approximate surface area is 111 Å². The van der Waals surface area contributed by atoms with Crippen molar-refractivity contribution in [2.75, 3.05) is 5.73 Å². The van der Waals surface area contributed by atoms with E-state index in [9.17, 15) is 18.5 Å². The van der Waals surface area contributed by atoms with Crippen molar-refractivity contribution >= 4 is 21.4 Å². The van der Waals surface area contributed by atoms with Gasteiger partial charge in [0.05, 0.1) is 9.82 Å². The number of anilines is 1. The normalized spacial score (nSPS) is 22.8. The predicted octanol–water partition coefficient (Wildman–Crippen LogP) is 1.25. The summed E-state index contributed by atoms with van der Waals surface area (Å²) in [6.45, 7) is 2.05. The number of hydrogen-bond donors (Lipinski definition) is 2. The van der Waals surface area contributed by atoms with Gasteiger partial charge >= 0.3 is 0 Å². The molecule has 0 aromatic heterocycles. The van der Waals surface area contributed by atoms with Gasteiger partial charge < -0.3 is 5.73 Å². The van der Waals surface area contributed by atoms with Crippen molar-refractivity contribution in [1.29, 1.82) is 0 Å². The van der Waals surface area contributed by atoms with E-state index in [2.05, 4.69) is 11.6 Å². The van der Waals surface area contributed by atoms with Crippen LogP contribution < -0.4 is 10.5 Å². The van der Waals surface area contributed by atoms with Gasteiger partial charge in [-0.2, -0.15) is 0 Å². The van der Waals surface area contributed by atoms with Crippen molar-refractivity contribution in [3.8, 4) is 0 Å². The lowest BCUT2D eigenvalue weighted by molar-refractivity contribution is -0.383. The second-order valence-corrected chi connectivity index (χ2v) is 6.59. The van der Waals surface area contributed by atoms with Crippen molar-refractivity contribution in [2.24, 2.45) is 5.92 Å². The maximum atomic E-state index is 12.0. The Morgan fingerprint density at radius 1 is 1.42 bits per heavy atom. The van der Waals surface area contributed by atoms with Crippen LogP contribution in [0.3, 0.4) is 0 Å². The van der Waals surface area contributed by atoms with E-state index in [-0.39, 0.29) is 22.3 Å². The van der Waals surface area contributed by atoms with E-state index in [4.69, 9.17) is 5.73 Å². The highest BCUT2D eigenvalue weighted by Crippen LogP contribution is 2.29. The summed E-state index contributed by atoms with van der Waals surface area (Å²) in [5, 5.41) is 10.6. The van der Waals surface area contributed by atoms with Crippen LogP contribution in [-0.2, 0) is 10.0 Å². The Balaban J connectivity index is 2.21. The Kier molecular flexibility index (Phi) is 3.46. The van der Waals surface area contributed by atoms with Gasteiger partial charge in [-0.1, -0.05) is 6.92 Å². The van der Waals surface area contributed by atoms with Gasteiger partial charge in [-0.15, -0.1) is 0 Å². The summed E-state index contributed by atoms with van der Waals surface area (Å²) in [4.78, 5) is 9.92. The Morgan fingerprint density at radius 3 is 2.53 bits per heavy atom. The van der Waals surface area contributed by atoms with Gasteiger partial charge in [-0.3, -0.25) is 10.1 Å². The summed E-state index contributed by atoms with van der Waals surface area (Å²) in [5.41, 5.74) is 5.03. The number of sulfonamides is 1. The van der Waals surface area contributed by atoms with Gasteiger partial charge in [0.2, 0.25) is 10.0 Å². The van der Waals surface area contributed by atoms with Crippen LogP contribution in [0.2, 0.25) is 0 Å². The summed E-state index contributed by atoms with van der Waals surface area (Å²) in [6.07, 6.45) is 1.61. The molecular weight excluding hydrogens is 270 g/mol. The Morgan fingerprint density at radius 2 is 2.05 bits per heavy atom. The third-order valence-corrected chi connectivity index (χ3v) is 4.72. The minimum Gasteiger partial charge on any atom is -0.393 e. The molecule has 104 valence electrons. The van der Waals surface area contributed by atoms with Crippen molar-refractivity contribution in [3.63, 3.8) is 0 Å². The standard InChI is InChI=1S/C11H15N3O4S/c1-7-4-8(5-7)13-19(17,18)9-2-3-11(14(15)16)10(12)6-9/h2-3,6-8,13H,4-5,12H2,1H3. The highest BCUT2D eigenvalue weighted by molar-refractivity contribution is 7.89. The van der Waals surface area contributed by atoms with Crippen molar-refractivity contribution < 1.29 is 13.3 Å². The quantitative estimate of drug-likeness (QED) is 0.491. The zero-order valence-electron chi connectivity index (χ0n) is 10.4. The molecule has 1 aliphatic rings. The van der Waals surface area contributed by atoms with E-state index >= 15 is 0 Å². The van der Waals surface area contributed by atoms with Crippen LogP contribution in [0.25, 0.3) is 0 Å². The lowest BCUT2D eigenvalue weighted by Gasteiger charge is -2.32. The molecule has 2 rings (SSSR count). The second-order valence-electron chi connectivity index (χ2n) is 4.87. The molecule has 1 fully saturated rings. The highest BCUT2D eigenvalue weighted by Gasteiger charge is 2.30. The largest absolute Gasteiger partial charge is 0.393 e. The van der Waals surface area contributed by atoms with E-state index in [0.717, 1.165) is 25.0 Å². The van der Waals surface area contributed by atoms with Crippen molar-refractivity contribution in [1.82, 2.24) is 4.72 Å². The minimum absolute atomic E-state index is 0.0462. The molecule has 0 saturated heterocycles. The molecule has 0 radical (unpaired) electrons. The molecule has 3 N–H and O–H groups in total. The van der Waals surface area contributed by atoms with E-state index in [1.165, 1.54) is 6.07 Å². The molecule has 0 bridgehead atoms. The topological polar surface area (TPSA) is 115 Å². The average Bonchev–Trinajstić information content (AvgIpc) is 2.26. The molecule has 0 spiro atoms. The number of hydrogen-bond acceptors (Lipinski definition) is 5. The lowest BCUT2D eigenvalue weighted by Crippen LogP contribution is -2.43. The lowest BCUT2D eigenvalue weighted by atomic mass is 9.83. The molecule has 1 saturated carbocycles. The van der Waals surface area contributed by atoms with Crippen molar-refractivity contribution in [3.05, 3.63) is 28.3 Å². The average molecular weight is 285 g/mol. The molecular formula is C11H15N3O4S. The van der Waals surface area contributed by atoms with Gasteiger partial charge in [0.25, 0.3) is 5.69 Å². The summed E-state index contributed by atoms with van der Waals surface area (Å²) in [7, 11) is -3.66. The first-order chi connectivity index (χ1) is 8.79. The smallest absolute Gasteiger partial charge is 0.292 e. The first-order valence-electron chi connectivity index (χ1n) is 5.86. The molecule has 0 atom stereocenters. The minimum atomic E-state index is -3.66. The summed E-state index contributed by atoms with van der Waals surface area (Å²) in [5.74, 6) is 0.523. The van der Waals surface area contributed by atoms with E-state index in [1.807, 2.05) is 0 Å². The fourth-order valence-electron chi connectivity index (χ4n) is 2.15. The monoisotopic (exact) mass is 285 g/mol. The van der Waals surface area contributed by atoms with Crippen LogP contribution in [0, 0.1) is 16.0 Å². The molecule has 1 aromatic carbocycles. The number of nitrogens with one attached hydrogen (secondary N) is 1. The fourth-order valence-corrected chi connectivity index (χ4v) is 3.45. The molecule has 1 aliphatic carbocycles. The number of rotatable bonds is 4. The van der Waals surface area contributed by atoms with E-state index < -0.39 is 14.9 Å². The molecule has 8 heteroatoms. The highest BCUT2D eigenvalue weighted by atomic mass is 32.2. The first kappa shape index (κ1) is 13.8. The number of nitrogen functional groups attached to an aromatic ring is 1.